The van der Waals surface area contributed by atoms with Gasteiger partial charge in [0.2, 0.25) is 0 Å². The van der Waals surface area contributed by atoms with Crippen molar-refractivity contribution in [3.05, 3.63) is 11.6 Å². The predicted octanol–water partition coefficient (Wildman–Crippen LogP) is 1.86. The van der Waals surface area contributed by atoms with Crippen LogP contribution in [-0.2, 0) is 0 Å². The van der Waals surface area contributed by atoms with Crippen LogP contribution in [-0.4, -0.2) is 9.63 Å². The molecule has 0 radical (unpaired) electrons. The quantitative estimate of drug-likeness (QED) is 0.582. The second kappa shape index (κ2) is 2.23. The Morgan fingerprint density at radius 3 is 1.71 bits per heavy atom. The fourth-order valence-electron chi connectivity index (χ4n) is 0. The summed E-state index contributed by atoms with van der Waals surface area (Å²) in [6.45, 7) is 3.08. The number of alkyl halides is 2. The van der Waals surface area contributed by atoms with Crippen molar-refractivity contribution >= 4 is 34.8 Å². The predicted molar refractivity (Wildman–Crippen MR) is 31.6 cm³/mol. The Kier molecular flexibility index (Phi) is 2.41. The SMILES string of the molecule is C=C(Cl)C(O)(Cl)Cl. The topological polar surface area (TPSA) is 20.2 Å². The second-order valence-corrected chi connectivity index (χ2v) is 2.69. The van der Waals surface area contributed by atoms with Gasteiger partial charge in [0.05, 0.1) is 5.03 Å². The molecule has 0 saturated carbocycles. The van der Waals surface area contributed by atoms with E-state index in [0.29, 0.717) is 0 Å². The molecule has 0 aromatic carbocycles. The lowest BCUT2D eigenvalue weighted by atomic mass is 10.7. The minimum absolute atomic E-state index is 0.198. The van der Waals surface area contributed by atoms with Gasteiger partial charge < -0.3 is 5.11 Å². The van der Waals surface area contributed by atoms with Crippen molar-refractivity contribution in [3.8, 4) is 0 Å². The molecule has 42 valence electrons. The van der Waals surface area contributed by atoms with Crippen LogP contribution >= 0.6 is 34.8 Å². The minimum Gasteiger partial charge on any atom is -0.358 e. The molecular weight excluding hydrogens is 158 g/mol. The summed E-state index contributed by atoms with van der Waals surface area (Å²) in [6, 6.07) is 0. The molecule has 0 unspecified atom stereocenters. The summed E-state index contributed by atoms with van der Waals surface area (Å²) < 4.78 is -1.98. The van der Waals surface area contributed by atoms with E-state index in [2.05, 4.69) is 6.58 Å². The number of rotatable bonds is 1. The molecule has 4 heteroatoms. The summed E-state index contributed by atoms with van der Waals surface area (Å²) in [5.41, 5.74) is 0. The van der Waals surface area contributed by atoms with Crippen LogP contribution in [0.2, 0.25) is 0 Å². The number of hydrogen-bond acceptors (Lipinski definition) is 1. The molecule has 0 aliphatic heterocycles. The monoisotopic (exact) mass is 160 g/mol. The zero-order chi connectivity index (χ0) is 6.08. The molecule has 0 aliphatic rings. The summed E-state index contributed by atoms with van der Waals surface area (Å²) in [4.78, 5) is 0. The van der Waals surface area contributed by atoms with Gasteiger partial charge in [-0.3, -0.25) is 0 Å². The Labute approximate surface area is 56.5 Å². The van der Waals surface area contributed by atoms with E-state index in [9.17, 15) is 0 Å². The van der Waals surface area contributed by atoms with E-state index < -0.39 is 4.52 Å². The molecule has 0 saturated heterocycles. The van der Waals surface area contributed by atoms with Gasteiger partial charge in [-0.1, -0.05) is 41.4 Å². The summed E-state index contributed by atoms with van der Waals surface area (Å²) in [6.07, 6.45) is 0. The van der Waals surface area contributed by atoms with E-state index in [0.717, 1.165) is 0 Å². The standard InChI is InChI=1S/C3H3Cl3O/c1-2(4)3(5,6)7/h7H,1H2. The van der Waals surface area contributed by atoms with Crippen molar-refractivity contribution < 1.29 is 5.11 Å². The van der Waals surface area contributed by atoms with Crippen LogP contribution in [0.15, 0.2) is 11.6 Å². The lowest BCUT2D eigenvalue weighted by molar-refractivity contribution is 0.260. The van der Waals surface area contributed by atoms with Crippen LogP contribution in [0.25, 0.3) is 0 Å². The largest absolute Gasteiger partial charge is 0.358 e. The Morgan fingerprint density at radius 2 is 1.71 bits per heavy atom. The van der Waals surface area contributed by atoms with E-state index >= 15 is 0 Å². The third-order valence-corrected chi connectivity index (χ3v) is 1.25. The maximum atomic E-state index is 8.39. The van der Waals surface area contributed by atoms with Crippen molar-refractivity contribution in [2.24, 2.45) is 0 Å². The molecular formula is C3H3Cl3O. The number of hydrogen-bond donors (Lipinski definition) is 1. The molecule has 0 amide bonds. The maximum Gasteiger partial charge on any atom is 0.251 e. The molecule has 1 N–H and O–H groups in total. The van der Waals surface area contributed by atoms with Crippen molar-refractivity contribution in [1.82, 2.24) is 0 Å². The van der Waals surface area contributed by atoms with E-state index in [-0.39, 0.29) is 5.03 Å². The van der Waals surface area contributed by atoms with Crippen molar-refractivity contribution in [2.75, 3.05) is 0 Å². The van der Waals surface area contributed by atoms with Gasteiger partial charge in [0.25, 0.3) is 4.52 Å². The van der Waals surface area contributed by atoms with Gasteiger partial charge in [0.15, 0.2) is 0 Å². The van der Waals surface area contributed by atoms with Crippen LogP contribution in [0.1, 0.15) is 0 Å². The molecule has 0 spiro atoms. The highest BCUT2D eigenvalue weighted by atomic mass is 35.5. The Bertz CT molecular complexity index is 82.7. The van der Waals surface area contributed by atoms with E-state index in [1.54, 1.807) is 0 Å². The molecule has 1 nitrogen and oxygen atoms in total. The van der Waals surface area contributed by atoms with Gasteiger partial charge in [-0.05, 0) is 0 Å². The molecule has 0 fully saturated rings. The second-order valence-electron chi connectivity index (χ2n) is 0.946. The lowest BCUT2D eigenvalue weighted by Crippen LogP contribution is -2.08. The van der Waals surface area contributed by atoms with E-state index in [1.165, 1.54) is 0 Å². The fourth-order valence-corrected chi connectivity index (χ4v) is 0. The van der Waals surface area contributed by atoms with Crippen LogP contribution in [0.4, 0.5) is 0 Å². The lowest BCUT2D eigenvalue weighted by Gasteiger charge is -2.06. The smallest absolute Gasteiger partial charge is 0.251 e. The first kappa shape index (κ1) is 7.57. The van der Waals surface area contributed by atoms with Crippen molar-refractivity contribution in [2.45, 2.75) is 4.52 Å². The zero-order valence-corrected chi connectivity index (χ0v) is 5.56. The fraction of sp³-hybridized carbons (Fsp3) is 0.333. The number of aliphatic hydroxyl groups is 1. The first-order chi connectivity index (χ1) is 2.94. The van der Waals surface area contributed by atoms with Crippen LogP contribution in [0, 0.1) is 0 Å². The zero-order valence-electron chi connectivity index (χ0n) is 3.29. The van der Waals surface area contributed by atoms with E-state index in [1.807, 2.05) is 0 Å². The van der Waals surface area contributed by atoms with Crippen molar-refractivity contribution in [1.29, 1.82) is 0 Å². The highest BCUT2D eigenvalue weighted by Crippen LogP contribution is 2.27. The highest BCUT2D eigenvalue weighted by Gasteiger charge is 2.21. The minimum atomic E-state index is -1.98. The van der Waals surface area contributed by atoms with Gasteiger partial charge in [-0.25, -0.2) is 0 Å². The first-order valence-electron chi connectivity index (χ1n) is 1.39. The Hall–Kier alpha value is 0.570. The van der Waals surface area contributed by atoms with Gasteiger partial charge >= 0.3 is 0 Å². The Balaban J connectivity index is 3.79. The summed E-state index contributed by atoms with van der Waals surface area (Å²) in [5, 5.41) is 8.20. The van der Waals surface area contributed by atoms with Gasteiger partial charge in [-0.2, -0.15) is 0 Å². The highest BCUT2D eigenvalue weighted by molar-refractivity contribution is 6.54. The Morgan fingerprint density at radius 1 is 1.57 bits per heavy atom. The molecule has 7 heavy (non-hydrogen) atoms. The summed E-state index contributed by atoms with van der Waals surface area (Å²) in [7, 11) is 0. The number of halogens is 3. The molecule has 0 bridgehead atoms. The first-order valence-corrected chi connectivity index (χ1v) is 2.53. The van der Waals surface area contributed by atoms with Gasteiger partial charge in [0.1, 0.15) is 0 Å². The molecule has 0 heterocycles. The average molecular weight is 161 g/mol. The van der Waals surface area contributed by atoms with Gasteiger partial charge in [-0.15, -0.1) is 0 Å². The summed E-state index contributed by atoms with van der Waals surface area (Å²) in [5.74, 6) is 0. The molecule has 0 aromatic heterocycles. The third kappa shape index (κ3) is 3.18. The molecule has 0 atom stereocenters. The van der Waals surface area contributed by atoms with Crippen LogP contribution < -0.4 is 0 Å². The van der Waals surface area contributed by atoms with Crippen molar-refractivity contribution in [3.63, 3.8) is 0 Å². The summed E-state index contributed by atoms with van der Waals surface area (Å²) >= 11 is 15.0. The third-order valence-electron chi connectivity index (χ3n) is 0.326. The van der Waals surface area contributed by atoms with Crippen LogP contribution in [0.5, 0.6) is 0 Å². The molecule has 0 aromatic rings. The molecule has 0 rings (SSSR count). The molecule has 0 aliphatic carbocycles. The van der Waals surface area contributed by atoms with Crippen LogP contribution in [0.3, 0.4) is 0 Å². The van der Waals surface area contributed by atoms with Gasteiger partial charge in [0, 0.05) is 0 Å². The average Bonchev–Trinajstić information content (AvgIpc) is 1.31. The van der Waals surface area contributed by atoms with E-state index in [4.69, 9.17) is 39.9 Å². The normalized spacial score (nSPS) is 11.4. The maximum absolute atomic E-state index is 8.39.